The molecule has 1 aliphatic rings. The molecule has 1 amide bonds. The molecule has 0 aliphatic carbocycles. The van der Waals surface area contributed by atoms with E-state index in [1.807, 2.05) is 59.8 Å². The second-order valence-corrected chi connectivity index (χ2v) is 6.48. The molecule has 0 bridgehead atoms. The zero-order chi connectivity index (χ0) is 17.8. The van der Waals surface area contributed by atoms with E-state index >= 15 is 0 Å². The lowest BCUT2D eigenvalue weighted by atomic mass is 10.2. The molecular formula is C21H21N3O2. The number of piperazine rings is 1. The van der Waals surface area contributed by atoms with Gasteiger partial charge in [-0.2, -0.15) is 0 Å². The average Bonchev–Trinajstić information content (AvgIpc) is 3.10. The molecule has 0 atom stereocenters. The van der Waals surface area contributed by atoms with Gasteiger partial charge in [-0.15, -0.1) is 0 Å². The van der Waals surface area contributed by atoms with Crippen molar-refractivity contribution in [2.45, 2.75) is 6.54 Å². The number of nitrogens with zero attached hydrogens (tertiary/aromatic N) is 3. The van der Waals surface area contributed by atoms with E-state index in [4.69, 9.17) is 4.42 Å². The van der Waals surface area contributed by atoms with Gasteiger partial charge in [-0.1, -0.05) is 18.2 Å². The van der Waals surface area contributed by atoms with Gasteiger partial charge in [-0.3, -0.25) is 14.7 Å². The molecule has 0 spiro atoms. The molecule has 5 heteroatoms. The summed E-state index contributed by atoms with van der Waals surface area (Å²) >= 11 is 0. The first-order valence-corrected chi connectivity index (χ1v) is 8.85. The standard InChI is InChI=1S/C21H21N3O2/c25-21(6-5-19-15-18-3-1-2-4-20(18)26-19)24-13-11-23(12-14-24)16-17-7-9-22-10-8-17/h1-10,15H,11-14,16H2/b6-5+. The van der Waals surface area contributed by atoms with Crippen molar-refractivity contribution < 1.29 is 9.21 Å². The molecule has 0 saturated carbocycles. The van der Waals surface area contributed by atoms with E-state index in [0.717, 1.165) is 43.7 Å². The fraction of sp³-hybridized carbons (Fsp3) is 0.238. The van der Waals surface area contributed by atoms with E-state index < -0.39 is 0 Å². The van der Waals surface area contributed by atoms with Gasteiger partial charge in [0, 0.05) is 56.6 Å². The van der Waals surface area contributed by atoms with Gasteiger partial charge in [0.2, 0.25) is 5.91 Å². The Morgan fingerprint density at radius 2 is 1.85 bits per heavy atom. The van der Waals surface area contributed by atoms with Gasteiger partial charge in [0.1, 0.15) is 11.3 Å². The number of furan rings is 1. The number of aromatic nitrogens is 1. The number of fused-ring (bicyclic) bond motifs is 1. The monoisotopic (exact) mass is 347 g/mol. The highest BCUT2D eigenvalue weighted by molar-refractivity contribution is 5.92. The number of hydrogen-bond donors (Lipinski definition) is 0. The summed E-state index contributed by atoms with van der Waals surface area (Å²) in [6, 6.07) is 13.9. The molecule has 0 radical (unpaired) electrons. The summed E-state index contributed by atoms with van der Waals surface area (Å²) in [5.74, 6) is 0.741. The van der Waals surface area contributed by atoms with Crippen molar-refractivity contribution in [3.05, 3.63) is 72.3 Å². The molecule has 3 heterocycles. The smallest absolute Gasteiger partial charge is 0.246 e. The van der Waals surface area contributed by atoms with Crippen LogP contribution in [0, 0.1) is 0 Å². The molecule has 4 rings (SSSR count). The SMILES string of the molecule is O=C(/C=C/c1cc2ccccc2o1)N1CCN(Cc2ccncc2)CC1. The van der Waals surface area contributed by atoms with Crippen molar-refractivity contribution in [3.8, 4) is 0 Å². The fourth-order valence-electron chi connectivity index (χ4n) is 3.22. The highest BCUT2D eigenvalue weighted by Gasteiger charge is 2.19. The summed E-state index contributed by atoms with van der Waals surface area (Å²) < 4.78 is 5.72. The molecule has 2 aromatic heterocycles. The van der Waals surface area contributed by atoms with Crippen molar-refractivity contribution >= 4 is 23.0 Å². The zero-order valence-electron chi connectivity index (χ0n) is 14.5. The van der Waals surface area contributed by atoms with Gasteiger partial charge < -0.3 is 9.32 Å². The number of rotatable bonds is 4. The Morgan fingerprint density at radius 3 is 2.62 bits per heavy atom. The van der Waals surface area contributed by atoms with E-state index in [-0.39, 0.29) is 5.91 Å². The Morgan fingerprint density at radius 1 is 1.08 bits per heavy atom. The van der Waals surface area contributed by atoms with Crippen molar-refractivity contribution in [3.63, 3.8) is 0 Å². The summed E-state index contributed by atoms with van der Waals surface area (Å²) in [4.78, 5) is 20.7. The largest absolute Gasteiger partial charge is 0.457 e. The lowest BCUT2D eigenvalue weighted by molar-refractivity contribution is -0.127. The van der Waals surface area contributed by atoms with Crippen LogP contribution in [0.3, 0.4) is 0 Å². The molecule has 0 unspecified atom stereocenters. The maximum atomic E-state index is 12.4. The van der Waals surface area contributed by atoms with Crippen molar-refractivity contribution in [1.82, 2.24) is 14.8 Å². The number of carbonyl (C=O) groups excluding carboxylic acids is 1. The topological polar surface area (TPSA) is 49.6 Å². The summed E-state index contributed by atoms with van der Waals surface area (Å²) in [6.07, 6.45) is 7.00. The van der Waals surface area contributed by atoms with E-state index in [1.54, 1.807) is 12.2 Å². The fourth-order valence-corrected chi connectivity index (χ4v) is 3.22. The van der Waals surface area contributed by atoms with Gasteiger partial charge in [-0.25, -0.2) is 0 Å². The molecule has 5 nitrogen and oxygen atoms in total. The molecule has 26 heavy (non-hydrogen) atoms. The predicted octanol–water partition coefficient (Wildman–Crippen LogP) is 3.19. The number of pyridine rings is 1. The number of para-hydroxylation sites is 1. The average molecular weight is 347 g/mol. The molecular weight excluding hydrogens is 326 g/mol. The lowest BCUT2D eigenvalue weighted by Crippen LogP contribution is -2.47. The Balaban J connectivity index is 1.32. The Bertz CT molecular complexity index is 876. The molecule has 1 saturated heterocycles. The highest BCUT2D eigenvalue weighted by Crippen LogP contribution is 2.19. The molecule has 3 aromatic rings. The first kappa shape index (κ1) is 16.5. The van der Waals surface area contributed by atoms with Crippen LogP contribution in [-0.2, 0) is 11.3 Å². The van der Waals surface area contributed by atoms with Crippen LogP contribution >= 0.6 is 0 Å². The zero-order valence-corrected chi connectivity index (χ0v) is 14.5. The van der Waals surface area contributed by atoms with Crippen LogP contribution in [-0.4, -0.2) is 46.9 Å². The van der Waals surface area contributed by atoms with Gasteiger partial charge in [0.25, 0.3) is 0 Å². The molecule has 0 N–H and O–H groups in total. The van der Waals surface area contributed by atoms with E-state index in [2.05, 4.69) is 9.88 Å². The van der Waals surface area contributed by atoms with Crippen molar-refractivity contribution in [1.29, 1.82) is 0 Å². The molecule has 1 fully saturated rings. The summed E-state index contributed by atoms with van der Waals surface area (Å²) in [6.45, 7) is 4.15. The Hall–Kier alpha value is -2.92. The van der Waals surface area contributed by atoms with Gasteiger partial charge in [0.05, 0.1) is 0 Å². The Labute approximate surface area is 152 Å². The van der Waals surface area contributed by atoms with Crippen LogP contribution in [0.2, 0.25) is 0 Å². The Kier molecular flexibility index (Phi) is 4.80. The van der Waals surface area contributed by atoms with Crippen molar-refractivity contribution in [2.75, 3.05) is 26.2 Å². The minimum atomic E-state index is 0.0361. The lowest BCUT2D eigenvalue weighted by Gasteiger charge is -2.34. The third-order valence-electron chi connectivity index (χ3n) is 4.67. The number of amides is 1. The van der Waals surface area contributed by atoms with E-state index in [0.29, 0.717) is 5.76 Å². The van der Waals surface area contributed by atoms with Gasteiger partial charge in [-0.05, 0) is 35.9 Å². The second-order valence-electron chi connectivity index (χ2n) is 6.48. The number of hydrogen-bond acceptors (Lipinski definition) is 4. The van der Waals surface area contributed by atoms with Crippen LogP contribution in [0.25, 0.3) is 17.0 Å². The third-order valence-corrected chi connectivity index (χ3v) is 4.67. The minimum absolute atomic E-state index is 0.0361. The minimum Gasteiger partial charge on any atom is -0.457 e. The third kappa shape index (κ3) is 3.83. The first-order valence-electron chi connectivity index (χ1n) is 8.85. The van der Waals surface area contributed by atoms with Gasteiger partial charge in [0.15, 0.2) is 0 Å². The van der Waals surface area contributed by atoms with Crippen molar-refractivity contribution in [2.24, 2.45) is 0 Å². The van der Waals surface area contributed by atoms with Crippen LogP contribution in [0.1, 0.15) is 11.3 Å². The van der Waals surface area contributed by atoms with Crippen LogP contribution in [0.5, 0.6) is 0 Å². The van der Waals surface area contributed by atoms with Gasteiger partial charge >= 0.3 is 0 Å². The summed E-state index contributed by atoms with van der Waals surface area (Å²) in [5, 5.41) is 1.05. The van der Waals surface area contributed by atoms with E-state index in [1.165, 1.54) is 5.56 Å². The maximum absolute atomic E-state index is 12.4. The number of benzene rings is 1. The number of carbonyl (C=O) groups is 1. The van der Waals surface area contributed by atoms with Crippen LogP contribution in [0.15, 0.2) is 65.4 Å². The molecule has 1 aromatic carbocycles. The quantitative estimate of drug-likeness (QED) is 0.680. The summed E-state index contributed by atoms with van der Waals surface area (Å²) in [7, 11) is 0. The molecule has 132 valence electrons. The van der Waals surface area contributed by atoms with E-state index in [9.17, 15) is 4.79 Å². The maximum Gasteiger partial charge on any atom is 0.246 e. The normalized spacial score (nSPS) is 15.8. The predicted molar refractivity (Wildman–Crippen MR) is 101 cm³/mol. The second kappa shape index (κ2) is 7.54. The molecule has 1 aliphatic heterocycles. The summed E-state index contributed by atoms with van der Waals surface area (Å²) in [5.41, 5.74) is 2.09. The van der Waals surface area contributed by atoms with Crippen LogP contribution in [0.4, 0.5) is 0 Å². The van der Waals surface area contributed by atoms with Crippen LogP contribution < -0.4 is 0 Å². The first-order chi connectivity index (χ1) is 12.8. The highest BCUT2D eigenvalue weighted by atomic mass is 16.3.